The Morgan fingerprint density at radius 2 is 2.00 bits per heavy atom. The normalized spacial score (nSPS) is 10.4. The van der Waals surface area contributed by atoms with Crippen LogP contribution in [0.5, 0.6) is 5.75 Å². The van der Waals surface area contributed by atoms with Gasteiger partial charge in [0.25, 0.3) is 0 Å². The van der Waals surface area contributed by atoms with Crippen LogP contribution in [-0.4, -0.2) is 12.5 Å². The Kier molecular flexibility index (Phi) is 5.39. The molecule has 0 saturated carbocycles. The Labute approximate surface area is 134 Å². The van der Waals surface area contributed by atoms with Gasteiger partial charge in [-0.3, -0.25) is 4.79 Å². The summed E-state index contributed by atoms with van der Waals surface area (Å²) < 4.78 is 19.1. The number of hydrogen-bond donors (Lipinski definition) is 1. The van der Waals surface area contributed by atoms with Crippen molar-refractivity contribution in [1.82, 2.24) is 0 Å². The Morgan fingerprint density at radius 3 is 2.77 bits per heavy atom. The number of halogens is 2. The lowest BCUT2D eigenvalue weighted by atomic mass is 10.1. The molecule has 0 aliphatic heterocycles. The molecule has 0 aromatic heterocycles. The second-order valence-electron chi connectivity index (χ2n) is 5.04. The van der Waals surface area contributed by atoms with E-state index in [4.69, 9.17) is 16.3 Å². The van der Waals surface area contributed by atoms with Gasteiger partial charge in [0.15, 0.2) is 0 Å². The molecular weight excluding hydrogens is 305 g/mol. The van der Waals surface area contributed by atoms with Crippen LogP contribution in [0.3, 0.4) is 0 Å². The fourth-order valence-corrected chi connectivity index (χ4v) is 2.09. The number of carbonyl (C=O) groups excluding carboxylic acids is 1. The van der Waals surface area contributed by atoms with E-state index in [2.05, 4.69) is 5.32 Å². The third kappa shape index (κ3) is 4.46. The van der Waals surface area contributed by atoms with Crippen molar-refractivity contribution in [2.75, 3.05) is 11.9 Å². The van der Waals surface area contributed by atoms with E-state index in [1.165, 1.54) is 18.2 Å². The van der Waals surface area contributed by atoms with Crippen LogP contribution in [0.2, 0.25) is 5.02 Å². The van der Waals surface area contributed by atoms with Crippen LogP contribution in [0.25, 0.3) is 0 Å². The third-order valence-corrected chi connectivity index (χ3v) is 3.37. The Morgan fingerprint density at radius 1 is 1.23 bits per heavy atom. The molecule has 5 heteroatoms. The average molecular weight is 322 g/mol. The van der Waals surface area contributed by atoms with Crippen molar-refractivity contribution >= 4 is 23.2 Å². The van der Waals surface area contributed by atoms with Gasteiger partial charge in [0.05, 0.1) is 18.7 Å². The van der Waals surface area contributed by atoms with Gasteiger partial charge in [-0.2, -0.15) is 0 Å². The second kappa shape index (κ2) is 7.27. The molecule has 0 atom stereocenters. The standard InChI is InChI=1S/C17H17ClFNO2/c1-11-3-4-12(2)16(9-11)22-8-7-17(21)20-15-10-13(18)5-6-14(15)19/h3-6,9-10H,7-8H2,1-2H3,(H,20,21). The van der Waals surface area contributed by atoms with Crippen LogP contribution in [0.15, 0.2) is 36.4 Å². The van der Waals surface area contributed by atoms with Crippen molar-refractivity contribution in [3.63, 3.8) is 0 Å². The first-order valence-electron chi connectivity index (χ1n) is 6.90. The molecule has 2 aromatic rings. The molecule has 116 valence electrons. The van der Waals surface area contributed by atoms with E-state index in [-0.39, 0.29) is 24.6 Å². The van der Waals surface area contributed by atoms with Gasteiger partial charge in [0.1, 0.15) is 11.6 Å². The maximum absolute atomic E-state index is 13.5. The van der Waals surface area contributed by atoms with E-state index >= 15 is 0 Å². The Bertz CT molecular complexity index is 688. The van der Waals surface area contributed by atoms with Gasteiger partial charge in [0, 0.05) is 5.02 Å². The van der Waals surface area contributed by atoms with E-state index in [0.29, 0.717) is 5.02 Å². The summed E-state index contributed by atoms with van der Waals surface area (Å²) in [5.74, 6) is -0.0959. The lowest BCUT2D eigenvalue weighted by molar-refractivity contribution is -0.116. The number of benzene rings is 2. The summed E-state index contributed by atoms with van der Waals surface area (Å²) in [6.07, 6.45) is 0.124. The number of anilines is 1. The quantitative estimate of drug-likeness (QED) is 0.880. The zero-order chi connectivity index (χ0) is 16.1. The van der Waals surface area contributed by atoms with E-state index in [1.807, 2.05) is 32.0 Å². The summed E-state index contributed by atoms with van der Waals surface area (Å²) in [5.41, 5.74) is 2.17. The number of ether oxygens (including phenoxy) is 1. The first-order valence-corrected chi connectivity index (χ1v) is 7.28. The highest BCUT2D eigenvalue weighted by atomic mass is 35.5. The van der Waals surface area contributed by atoms with Crippen molar-refractivity contribution in [2.24, 2.45) is 0 Å². The maximum Gasteiger partial charge on any atom is 0.227 e. The zero-order valence-electron chi connectivity index (χ0n) is 12.5. The average Bonchev–Trinajstić information content (AvgIpc) is 2.46. The summed E-state index contributed by atoms with van der Waals surface area (Å²) in [4.78, 5) is 11.8. The van der Waals surface area contributed by atoms with Crippen molar-refractivity contribution in [1.29, 1.82) is 0 Å². The monoisotopic (exact) mass is 321 g/mol. The number of carbonyl (C=O) groups is 1. The van der Waals surface area contributed by atoms with Crippen molar-refractivity contribution in [2.45, 2.75) is 20.3 Å². The zero-order valence-corrected chi connectivity index (χ0v) is 13.2. The van der Waals surface area contributed by atoms with Crippen LogP contribution in [0.4, 0.5) is 10.1 Å². The predicted molar refractivity (Wildman–Crippen MR) is 86.1 cm³/mol. The molecule has 2 aromatic carbocycles. The lowest BCUT2D eigenvalue weighted by Gasteiger charge is -2.10. The van der Waals surface area contributed by atoms with E-state index in [0.717, 1.165) is 16.9 Å². The van der Waals surface area contributed by atoms with Gasteiger partial charge in [-0.25, -0.2) is 4.39 Å². The van der Waals surface area contributed by atoms with Gasteiger partial charge >= 0.3 is 0 Å². The number of nitrogens with one attached hydrogen (secondary N) is 1. The van der Waals surface area contributed by atoms with Crippen LogP contribution in [0.1, 0.15) is 17.5 Å². The topological polar surface area (TPSA) is 38.3 Å². The molecule has 0 unspecified atom stereocenters. The molecule has 1 amide bonds. The number of rotatable bonds is 5. The summed E-state index contributed by atoms with van der Waals surface area (Å²) in [5, 5.41) is 2.85. The predicted octanol–water partition coefficient (Wildman–Crippen LogP) is 4.50. The molecule has 0 bridgehead atoms. The summed E-state index contributed by atoms with van der Waals surface area (Å²) in [6, 6.07) is 9.90. The van der Waals surface area contributed by atoms with Crippen LogP contribution in [0, 0.1) is 19.7 Å². The molecule has 22 heavy (non-hydrogen) atoms. The first-order chi connectivity index (χ1) is 10.5. The summed E-state index contributed by atoms with van der Waals surface area (Å²) in [6.45, 7) is 4.13. The van der Waals surface area contributed by atoms with Crippen molar-refractivity contribution in [3.05, 3.63) is 58.4 Å². The van der Waals surface area contributed by atoms with E-state index in [9.17, 15) is 9.18 Å². The van der Waals surface area contributed by atoms with Crippen molar-refractivity contribution < 1.29 is 13.9 Å². The highest BCUT2D eigenvalue weighted by Crippen LogP contribution is 2.21. The summed E-state index contributed by atoms with van der Waals surface area (Å²) >= 11 is 5.77. The van der Waals surface area contributed by atoms with Gasteiger partial charge in [-0.05, 0) is 49.2 Å². The molecule has 3 nitrogen and oxygen atoms in total. The van der Waals surface area contributed by atoms with Gasteiger partial charge < -0.3 is 10.1 Å². The number of amides is 1. The fourth-order valence-electron chi connectivity index (χ4n) is 1.92. The molecular formula is C17H17ClFNO2. The highest BCUT2D eigenvalue weighted by Gasteiger charge is 2.08. The van der Waals surface area contributed by atoms with Crippen LogP contribution >= 0.6 is 11.6 Å². The number of aryl methyl sites for hydroxylation is 2. The molecule has 1 N–H and O–H groups in total. The Hall–Kier alpha value is -2.07. The van der Waals surface area contributed by atoms with Crippen LogP contribution < -0.4 is 10.1 Å². The lowest BCUT2D eigenvalue weighted by Crippen LogP contribution is -2.16. The SMILES string of the molecule is Cc1ccc(C)c(OCCC(=O)Nc2cc(Cl)ccc2F)c1. The molecule has 0 aliphatic rings. The minimum atomic E-state index is -0.520. The molecule has 0 spiro atoms. The van der Waals surface area contributed by atoms with E-state index in [1.54, 1.807) is 0 Å². The largest absolute Gasteiger partial charge is 0.493 e. The Balaban J connectivity index is 1.88. The van der Waals surface area contributed by atoms with E-state index < -0.39 is 5.82 Å². The molecule has 0 saturated heterocycles. The van der Waals surface area contributed by atoms with Crippen molar-refractivity contribution in [3.8, 4) is 5.75 Å². The van der Waals surface area contributed by atoms with Gasteiger partial charge in [-0.15, -0.1) is 0 Å². The maximum atomic E-state index is 13.5. The molecule has 0 radical (unpaired) electrons. The molecule has 0 aliphatic carbocycles. The molecule has 2 rings (SSSR count). The highest BCUT2D eigenvalue weighted by molar-refractivity contribution is 6.30. The van der Waals surface area contributed by atoms with Gasteiger partial charge in [0.2, 0.25) is 5.91 Å². The summed E-state index contributed by atoms with van der Waals surface area (Å²) in [7, 11) is 0. The fraction of sp³-hybridized carbons (Fsp3) is 0.235. The van der Waals surface area contributed by atoms with Crippen LogP contribution in [-0.2, 0) is 4.79 Å². The smallest absolute Gasteiger partial charge is 0.227 e. The third-order valence-electron chi connectivity index (χ3n) is 3.13. The minimum absolute atomic E-state index is 0.0734. The minimum Gasteiger partial charge on any atom is -0.493 e. The molecule has 0 heterocycles. The second-order valence-corrected chi connectivity index (χ2v) is 5.48. The first kappa shape index (κ1) is 16.3. The molecule has 0 fully saturated rings. The van der Waals surface area contributed by atoms with Gasteiger partial charge in [-0.1, -0.05) is 23.7 Å². The number of hydrogen-bond acceptors (Lipinski definition) is 2.